The summed E-state index contributed by atoms with van der Waals surface area (Å²) in [6, 6.07) is 9.17. The van der Waals surface area contributed by atoms with Crippen LogP contribution in [0, 0.1) is 11.8 Å². The lowest BCUT2D eigenvalue weighted by atomic mass is 9.80. The molecule has 0 spiro atoms. The van der Waals surface area contributed by atoms with Crippen LogP contribution in [0.5, 0.6) is 5.75 Å². The summed E-state index contributed by atoms with van der Waals surface area (Å²) >= 11 is 0. The quantitative estimate of drug-likeness (QED) is 0.792. The topological polar surface area (TPSA) is 21.3 Å². The summed E-state index contributed by atoms with van der Waals surface area (Å²) in [5, 5.41) is 3.79. The third kappa shape index (κ3) is 4.23. The molecule has 1 N–H and O–H groups in total. The molecule has 1 aliphatic rings. The Bertz CT molecular complexity index is 429. The number of hydrogen-bond donors (Lipinski definition) is 1. The van der Waals surface area contributed by atoms with Crippen LogP contribution in [0.25, 0.3) is 0 Å². The van der Waals surface area contributed by atoms with Crippen LogP contribution < -0.4 is 10.1 Å². The Morgan fingerprint density at radius 1 is 1.24 bits per heavy atom. The Kier molecular flexibility index (Phi) is 6.10. The molecule has 118 valence electrons. The SMILES string of the molecule is CCCNC(CC1CCOc2ccccc21)C(C)C(C)C. The highest BCUT2D eigenvalue weighted by molar-refractivity contribution is 5.37. The van der Waals surface area contributed by atoms with Crippen LogP contribution in [-0.2, 0) is 0 Å². The lowest BCUT2D eigenvalue weighted by molar-refractivity contribution is 0.227. The molecule has 0 aliphatic carbocycles. The van der Waals surface area contributed by atoms with Crippen molar-refractivity contribution in [1.82, 2.24) is 5.32 Å². The average Bonchev–Trinajstić information content (AvgIpc) is 2.50. The highest BCUT2D eigenvalue weighted by atomic mass is 16.5. The van der Waals surface area contributed by atoms with Gasteiger partial charge in [0.15, 0.2) is 0 Å². The zero-order valence-electron chi connectivity index (χ0n) is 14.1. The Morgan fingerprint density at radius 2 is 2.00 bits per heavy atom. The molecule has 3 atom stereocenters. The minimum absolute atomic E-state index is 0.598. The van der Waals surface area contributed by atoms with E-state index in [9.17, 15) is 0 Å². The molecule has 1 aromatic carbocycles. The van der Waals surface area contributed by atoms with E-state index in [4.69, 9.17) is 4.74 Å². The van der Waals surface area contributed by atoms with Crippen molar-refractivity contribution in [2.75, 3.05) is 13.2 Å². The van der Waals surface area contributed by atoms with Gasteiger partial charge in [-0.25, -0.2) is 0 Å². The largest absolute Gasteiger partial charge is 0.493 e. The summed E-state index contributed by atoms with van der Waals surface area (Å²) in [5.74, 6) is 3.15. The Morgan fingerprint density at radius 3 is 2.71 bits per heavy atom. The van der Waals surface area contributed by atoms with Crippen LogP contribution in [0.15, 0.2) is 24.3 Å². The molecule has 1 heterocycles. The fourth-order valence-corrected chi connectivity index (χ4v) is 3.25. The molecule has 0 radical (unpaired) electrons. The molecule has 0 amide bonds. The van der Waals surface area contributed by atoms with E-state index in [1.54, 1.807) is 0 Å². The van der Waals surface area contributed by atoms with Crippen LogP contribution in [0.3, 0.4) is 0 Å². The van der Waals surface area contributed by atoms with Crippen molar-refractivity contribution in [3.05, 3.63) is 29.8 Å². The predicted octanol–water partition coefficient (Wildman–Crippen LogP) is 4.60. The van der Waals surface area contributed by atoms with Crippen molar-refractivity contribution >= 4 is 0 Å². The van der Waals surface area contributed by atoms with E-state index in [-0.39, 0.29) is 0 Å². The summed E-state index contributed by atoms with van der Waals surface area (Å²) in [5.41, 5.74) is 1.41. The van der Waals surface area contributed by atoms with Crippen LogP contribution in [0.2, 0.25) is 0 Å². The molecule has 0 saturated heterocycles. The molecule has 0 fully saturated rings. The van der Waals surface area contributed by atoms with Crippen molar-refractivity contribution in [1.29, 1.82) is 0 Å². The first-order valence-electron chi connectivity index (χ1n) is 8.58. The van der Waals surface area contributed by atoms with E-state index in [1.165, 1.54) is 18.4 Å². The summed E-state index contributed by atoms with van der Waals surface area (Å²) in [6.45, 7) is 11.3. The van der Waals surface area contributed by atoms with Crippen molar-refractivity contribution in [3.63, 3.8) is 0 Å². The predicted molar refractivity (Wildman–Crippen MR) is 90.0 cm³/mol. The van der Waals surface area contributed by atoms with Crippen LogP contribution >= 0.6 is 0 Å². The summed E-state index contributed by atoms with van der Waals surface area (Å²) < 4.78 is 5.80. The van der Waals surface area contributed by atoms with Gasteiger partial charge in [0.25, 0.3) is 0 Å². The molecular weight excluding hydrogens is 258 g/mol. The number of para-hydroxylation sites is 1. The molecule has 2 nitrogen and oxygen atoms in total. The fourth-order valence-electron chi connectivity index (χ4n) is 3.25. The van der Waals surface area contributed by atoms with Crippen molar-refractivity contribution in [2.45, 2.75) is 58.9 Å². The molecule has 1 aliphatic heterocycles. The van der Waals surface area contributed by atoms with Crippen molar-refractivity contribution in [3.8, 4) is 5.75 Å². The molecule has 21 heavy (non-hydrogen) atoms. The fraction of sp³-hybridized carbons (Fsp3) is 0.684. The van der Waals surface area contributed by atoms with Gasteiger partial charge in [0, 0.05) is 6.04 Å². The van der Waals surface area contributed by atoms with Crippen molar-refractivity contribution in [2.24, 2.45) is 11.8 Å². The van der Waals surface area contributed by atoms with Crippen LogP contribution in [0.4, 0.5) is 0 Å². The second kappa shape index (κ2) is 7.84. The number of hydrogen-bond acceptors (Lipinski definition) is 2. The number of fused-ring (bicyclic) bond motifs is 1. The molecule has 2 rings (SSSR count). The van der Waals surface area contributed by atoms with E-state index >= 15 is 0 Å². The van der Waals surface area contributed by atoms with Gasteiger partial charge in [0.2, 0.25) is 0 Å². The van der Waals surface area contributed by atoms with Gasteiger partial charge in [-0.1, -0.05) is 45.9 Å². The second-order valence-electron chi connectivity index (χ2n) is 6.77. The Hall–Kier alpha value is -1.02. The van der Waals surface area contributed by atoms with Crippen LogP contribution in [0.1, 0.15) is 58.4 Å². The number of ether oxygens (including phenoxy) is 1. The van der Waals surface area contributed by atoms with E-state index in [1.807, 2.05) is 0 Å². The van der Waals surface area contributed by atoms with Crippen LogP contribution in [-0.4, -0.2) is 19.2 Å². The third-order valence-corrected chi connectivity index (χ3v) is 4.96. The number of rotatable bonds is 7. The van der Waals surface area contributed by atoms with Gasteiger partial charge in [0.05, 0.1) is 6.61 Å². The van der Waals surface area contributed by atoms with Gasteiger partial charge < -0.3 is 10.1 Å². The highest BCUT2D eigenvalue weighted by Crippen LogP contribution is 2.37. The van der Waals surface area contributed by atoms with Gasteiger partial charge >= 0.3 is 0 Å². The second-order valence-corrected chi connectivity index (χ2v) is 6.77. The maximum atomic E-state index is 5.80. The molecular formula is C19H31NO. The van der Waals surface area contributed by atoms with Gasteiger partial charge in [-0.15, -0.1) is 0 Å². The summed E-state index contributed by atoms with van der Waals surface area (Å²) in [6.07, 6.45) is 3.57. The van der Waals surface area contributed by atoms with Crippen molar-refractivity contribution < 1.29 is 4.74 Å². The maximum absolute atomic E-state index is 5.80. The molecule has 3 unspecified atom stereocenters. The maximum Gasteiger partial charge on any atom is 0.122 e. The van der Waals surface area contributed by atoms with E-state index in [0.29, 0.717) is 17.9 Å². The number of nitrogens with one attached hydrogen (secondary N) is 1. The standard InChI is InChI=1S/C19H31NO/c1-5-11-20-18(15(4)14(2)3)13-16-10-12-21-19-9-7-6-8-17(16)19/h6-9,14-16,18,20H,5,10-13H2,1-4H3. The Labute approximate surface area is 130 Å². The van der Waals surface area contributed by atoms with Gasteiger partial charge in [-0.2, -0.15) is 0 Å². The average molecular weight is 289 g/mol. The molecule has 2 heteroatoms. The van der Waals surface area contributed by atoms with Gasteiger partial charge in [-0.05, 0) is 55.2 Å². The van der Waals surface area contributed by atoms with Gasteiger partial charge in [0.1, 0.15) is 5.75 Å². The Balaban J connectivity index is 2.09. The summed E-state index contributed by atoms with van der Waals surface area (Å²) in [4.78, 5) is 0. The monoisotopic (exact) mass is 289 g/mol. The molecule has 0 saturated carbocycles. The normalized spacial score (nSPS) is 20.7. The highest BCUT2D eigenvalue weighted by Gasteiger charge is 2.27. The van der Waals surface area contributed by atoms with Gasteiger partial charge in [-0.3, -0.25) is 0 Å². The van der Waals surface area contributed by atoms with E-state index in [2.05, 4.69) is 57.3 Å². The molecule has 1 aromatic rings. The smallest absolute Gasteiger partial charge is 0.122 e. The first kappa shape index (κ1) is 16.4. The number of benzene rings is 1. The van der Waals surface area contributed by atoms with E-state index < -0.39 is 0 Å². The first-order chi connectivity index (χ1) is 10.1. The summed E-state index contributed by atoms with van der Waals surface area (Å²) in [7, 11) is 0. The minimum Gasteiger partial charge on any atom is -0.493 e. The lowest BCUT2D eigenvalue weighted by Gasteiger charge is -2.34. The minimum atomic E-state index is 0.598. The zero-order valence-corrected chi connectivity index (χ0v) is 14.1. The molecule has 0 aromatic heterocycles. The third-order valence-electron chi connectivity index (χ3n) is 4.96. The lowest BCUT2D eigenvalue weighted by Crippen LogP contribution is -2.39. The molecule has 0 bridgehead atoms. The first-order valence-corrected chi connectivity index (χ1v) is 8.58. The zero-order chi connectivity index (χ0) is 15.2. The van der Waals surface area contributed by atoms with E-state index in [0.717, 1.165) is 31.2 Å².